The van der Waals surface area contributed by atoms with E-state index in [1.54, 1.807) is 0 Å². The molecular formula is C14H14Br2N2O. The van der Waals surface area contributed by atoms with Crippen LogP contribution in [-0.4, -0.2) is 10.5 Å². The Morgan fingerprint density at radius 3 is 2.74 bits per heavy atom. The topological polar surface area (TPSA) is 34.0 Å². The summed E-state index contributed by atoms with van der Waals surface area (Å²) in [6, 6.07) is 9.40. The van der Waals surface area contributed by atoms with Crippen molar-refractivity contribution in [2.75, 3.05) is 5.32 Å². The number of amides is 1. The first-order chi connectivity index (χ1) is 9.11. The Hall–Kier alpha value is -1.07. The van der Waals surface area contributed by atoms with Crippen molar-refractivity contribution < 1.29 is 4.79 Å². The molecule has 0 bridgehead atoms. The lowest BCUT2D eigenvalue weighted by Gasteiger charge is -2.09. The molecular weight excluding hydrogens is 372 g/mol. The summed E-state index contributed by atoms with van der Waals surface area (Å²) in [5.74, 6) is -0.106. The van der Waals surface area contributed by atoms with Gasteiger partial charge in [0.15, 0.2) is 0 Å². The second-order valence-corrected chi connectivity index (χ2v) is 5.94. The molecule has 0 unspecified atom stereocenters. The summed E-state index contributed by atoms with van der Waals surface area (Å²) in [6.45, 7) is 2.91. The Labute approximate surface area is 129 Å². The van der Waals surface area contributed by atoms with Crippen LogP contribution in [0.2, 0.25) is 0 Å². The molecule has 100 valence electrons. The van der Waals surface area contributed by atoms with Crippen molar-refractivity contribution in [2.24, 2.45) is 0 Å². The van der Waals surface area contributed by atoms with E-state index in [2.05, 4.69) is 44.1 Å². The second-order valence-electron chi connectivity index (χ2n) is 4.17. The third-order valence-corrected chi connectivity index (χ3v) is 3.81. The van der Waals surface area contributed by atoms with E-state index in [9.17, 15) is 4.79 Å². The number of aryl methyl sites for hydroxylation is 1. The highest BCUT2D eigenvalue weighted by Gasteiger charge is 2.13. The van der Waals surface area contributed by atoms with Crippen molar-refractivity contribution in [3.05, 3.63) is 51.2 Å². The van der Waals surface area contributed by atoms with E-state index in [0.29, 0.717) is 5.69 Å². The van der Waals surface area contributed by atoms with Crippen LogP contribution in [0.4, 0.5) is 5.69 Å². The number of carbonyl (C=O) groups excluding carboxylic acids is 1. The molecule has 5 heteroatoms. The summed E-state index contributed by atoms with van der Waals surface area (Å²) in [7, 11) is 0. The highest BCUT2D eigenvalue weighted by molar-refractivity contribution is 9.10. The van der Waals surface area contributed by atoms with Gasteiger partial charge >= 0.3 is 0 Å². The van der Waals surface area contributed by atoms with Gasteiger partial charge in [-0.25, -0.2) is 0 Å². The smallest absolute Gasteiger partial charge is 0.272 e. The zero-order valence-corrected chi connectivity index (χ0v) is 13.7. The fraction of sp³-hybridized carbons (Fsp3) is 0.214. The molecule has 1 aromatic carbocycles. The molecule has 1 N–H and O–H groups in total. The summed E-state index contributed by atoms with van der Waals surface area (Å²) in [5, 5.41) is 2.91. The molecule has 3 nitrogen and oxygen atoms in total. The van der Waals surface area contributed by atoms with E-state index >= 15 is 0 Å². The molecule has 0 aliphatic heterocycles. The lowest BCUT2D eigenvalue weighted by molar-refractivity contribution is 0.101. The minimum absolute atomic E-state index is 0.106. The number of anilines is 1. The first kappa shape index (κ1) is 14.3. The molecule has 19 heavy (non-hydrogen) atoms. The Balaban J connectivity index is 2.23. The molecule has 1 heterocycles. The number of rotatable bonds is 4. The standard InChI is InChI=1S/C14H14Br2N2O/c1-2-7-18-9-10(15)8-13(18)14(19)17-12-6-4-3-5-11(12)16/h3-6,8-9H,2,7H2,1H3,(H,17,19). The van der Waals surface area contributed by atoms with E-state index in [1.807, 2.05) is 41.1 Å². The van der Waals surface area contributed by atoms with Gasteiger partial charge in [-0.15, -0.1) is 0 Å². The molecule has 2 rings (SSSR count). The Bertz CT molecular complexity index is 593. The van der Waals surface area contributed by atoms with Crippen molar-refractivity contribution in [1.29, 1.82) is 0 Å². The average Bonchev–Trinajstić information content (AvgIpc) is 2.74. The maximum Gasteiger partial charge on any atom is 0.272 e. The van der Waals surface area contributed by atoms with E-state index in [-0.39, 0.29) is 5.91 Å². The van der Waals surface area contributed by atoms with Gasteiger partial charge in [0.25, 0.3) is 5.91 Å². The van der Waals surface area contributed by atoms with Crippen LogP contribution in [-0.2, 0) is 6.54 Å². The highest BCUT2D eigenvalue weighted by Crippen LogP contribution is 2.23. The summed E-state index contributed by atoms with van der Waals surface area (Å²) in [6.07, 6.45) is 2.91. The lowest BCUT2D eigenvalue weighted by atomic mass is 10.3. The van der Waals surface area contributed by atoms with Crippen molar-refractivity contribution in [3.63, 3.8) is 0 Å². The number of benzene rings is 1. The van der Waals surface area contributed by atoms with Gasteiger partial charge < -0.3 is 9.88 Å². The van der Waals surface area contributed by atoms with Gasteiger partial charge in [-0.1, -0.05) is 19.1 Å². The largest absolute Gasteiger partial charge is 0.342 e. The average molecular weight is 386 g/mol. The van der Waals surface area contributed by atoms with Gasteiger partial charge in [-0.3, -0.25) is 4.79 Å². The Kier molecular flexibility index (Phi) is 4.82. The summed E-state index contributed by atoms with van der Waals surface area (Å²) >= 11 is 6.83. The van der Waals surface area contributed by atoms with Gasteiger partial charge in [-0.2, -0.15) is 0 Å². The quantitative estimate of drug-likeness (QED) is 0.814. The van der Waals surface area contributed by atoms with E-state index in [4.69, 9.17) is 0 Å². The zero-order valence-electron chi connectivity index (χ0n) is 10.5. The van der Waals surface area contributed by atoms with E-state index < -0.39 is 0 Å². The number of hydrogen-bond acceptors (Lipinski definition) is 1. The van der Waals surface area contributed by atoms with Gasteiger partial charge in [0.1, 0.15) is 5.69 Å². The highest BCUT2D eigenvalue weighted by atomic mass is 79.9. The number of nitrogens with zero attached hydrogens (tertiary/aromatic N) is 1. The monoisotopic (exact) mass is 384 g/mol. The maximum absolute atomic E-state index is 12.3. The third kappa shape index (κ3) is 3.48. The van der Waals surface area contributed by atoms with Gasteiger partial charge in [0.2, 0.25) is 0 Å². The maximum atomic E-state index is 12.3. The molecule has 0 aliphatic carbocycles. The molecule has 0 saturated carbocycles. The zero-order chi connectivity index (χ0) is 13.8. The molecule has 1 amide bonds. The van der Waals surface area contributed by atoms with Crippen LogP contribution in [0.3, 0.4) is 0 Å². The van der Waals surface area contributed by atoms with Crippen LogP contribution in [0.5, 0.6) is 0 Å². The minimum Gasteiger partial charge on any atom is -0.342 e. The number of aromatic nitrogens is 1. The summed E-state index contributed by atoms with van der Waals surface area (Å²) < 4.78 is 3.74. The molecule has 0 fully saturated rings. The van der Waals surface area contributed by atoms with E-state index in [1.165, 1.54) is 0 Å². The van der Waals surface area contributed by atoms with Crippen LogP contribution in [0.25, 0.3) is 0 Å². The summed E-state index contributed by atoms with van der Waals surface area (Å²) in [5.41, 5.74) is 1.43. The summed E-state index contributed by atoms with van der Waals surface area (Å²) in [4.78, 5) is 12.3. The fourth-order valence-corrected chi connectivity index (χ4v) is 2.69. The van der Waals surface area contributed by atoms with Crippen molar-refractivity contribution in [2.45, 2.75) is 19.9 Å². The lowest BCUT2D eigenvalue weighted by Crippen LogP contribution is -2.17. The van der Waals surface area contributed by atoms with Crippen LogP contribution >= 0.6 is 31.9 Å². The normalized spacial score (nSPS) is 10.5. The molecule has 0 spiro atoms. The molecule has 0 radical (unpaired) electrons. The van der Waals surface area contributed by atoms with Crippen LogP contribution < -0.4 is 5.32 Å². The number of halogens is 2. The second kappa shape index (κ2) is 6.39. The SMILES string of the molecule is CCCn1cc(Br)cc1C(=O)Nc1ccccc1Br. The number of carbonyl (C=O) groups is 1. The molecule has 2 aromatic rings. The first-order valence-corrected chi connectivity index (χ1v) is 7.62. The predicted molar refractivity (Wildman–Crippen MR) is 84.5 cm³/mol. The fourth-order valence-electron chi connectivity index (χ4n) is 1.84. The number of hydrogen-bond donors (Lipinski definition) is 1. The Morgan fingerprint density at radius 1 is 1.32 bits per heavy atom. The Morgan fingerprint density at radius 2 is 2.05 bits per heavy atom. The van der Waals surface area contributed by atoms with E-state index in [0.717, 1.165) is 27.6 Å². The van der Waals surface area contributed by atoms with Gasteiger partial charge in [-0.05, 0) is 56.5 Å². The van der Waals surface area contributed by atoms with Crippen LogP contribution in [0.15, 0.2) is 45.5 Å². The van der Waals surface area contributed by atoms with Crippen LogP contribution in [0.1, 0.15) is 23.8 Å². The van der Waals surface area contributed by atoms with Crippen molar-refractivity contribution in [1.82, 2.24) is 4.57 Å². The van der Waals surface area contributed by atoms with Crippen molar-refractivity contribution in [3.8, 4) is 0 Å². The molecule has 0 aliphatic rings. The number of para-hydroxylation sites is 1. The number of nitrogens with one attached hydrogen (secondary N) is 1. The molecule has 0 atom stereocenters. The van der Waals surface area contributed by atoms with Gasteiger partial charge in [0.05, 0.1) is 5.69 Å². The van der Waals surface area contributed by atoms with Gasteiger partial charge in [0, 0.05) is 21.7 Å². The molecule has 1 aromatic heterocycles. The van der Waals surface area contributed by atoms with Crippen LogP contribution in [0, 0.1) is 0 Å². The first-order valence-electron chi connectivity index (χ1n) is 6.03. The third-order valence-electron chi connectivity index (χ3n) is 2.68. The van der Waals surface area contributed by atoms with Crippen molar-refractivity contribution >= 4 is 43.5 Å². The minimum atomic E-state index is -0.106. The molecule has 0 saturated heterocycles. The predicted octanol–water partition coefficient (Wildman–Crippen LogP) is 4.68.